The smallest absolute Gasteiger partial charge is 0.235 e. The molecule has 3 N–H and O–H groups in total. The number of carbonyl (C=O) groups excluding carboxylic acids is 1. The Bertz CT molecular complexity index is 395. The van der Waals surface area contributed by atoms with Crippen LogP contribution in [-0.4, -0.2) is 27.4 Å². The zero-order valence-electron chi connectivity index (χ0n) is 8.56. The van der Waals surface area contributed by atoms with E-state index in [9.17, 15) is 9.00 Å². The molecule has 2 atom stereocenters. The van der Waals surface area contributed by atoms with Crippen LogP contribution in [0, 0.1) is 0 Å². The molecule has 0 saturated heterocycles. The first-order valence-electron chi connectivity index (χ1n) is 4.40. The van der Waals surface area contributed by atoms with Gasteiger partial charge in [0.25, 0.3) is 0 Å². The van der Waals surface area contributed by atoms with E-state index in [0.717, 1.165) is 0 Å². The number of rotatable bonds is 3. The second kappa shape index (κ2) is 4.88. The van der Waals surface area contributed by atoms with Gasteiger partial charge in [-0.25, -0.2) is 4.98 Å². The highest BCUT2D eigenvalue weighted by molar-refractivity contribution is 7.86. The molecule has 15 heavy (non-hydrogen) atoms. The van der Waals surface area contributed by atoms with Crippen LogP contribution in [-0.2, 0) is 15.6 Å². The Morgan fingerprint density at radius 3 is 2.87 bits per heavy atom. The molecule has 0 spiro atoms. The largest absolute Gasteiger partial charge is 0.396 e. The minimum Gasteiger partial charge on any atom is -0.396 e. The Hall–Kier alpha value is -1.43. The van der Waals surface area contributed by atoms with Crippen LogP contribution < -0.4 is 11.1 Å². The first kappa shape index (κ1) is 11.6. The number of pyridine rings is 1. The number of nitrogens with zero attached hydrogens (tertiary/aromatic N) is 1. The monoisotopic (exact) mass is 227 g/mol. The SMILES string of the molecule is CNC(=O)C(C)S(=O)c1ncccc1N. The maximum atomic E-state index is 11.9. The van der Waals surface area contributed by atoms with Gasteiger partial charge in [0.15, 0.2) is 5.03 Å². The fraction of sp³-hybridized carbons (Fsp3) is 0.333. The lowest BCUT2D eigenvalue weighted by Crippen LogP contribution is -2.33. The lowest BCUT2D eigenvalue weighted by atomic mass is 10.4. The second-order valence-electron chi connectivity index (χ2n) is 2.95. The third-order valence-corrected chi connectivity index (χ3v) is 3.51. The van der Waals surface area contributed by atoms with Gasteiger partial charge < -0.3 is 11.1 Å². The average molecular weight is 227 g/mol. The summed E-state index contributed by atoms with van der Waals surface area (Å²) in [5.41, 5.74) is 5.95. The fourth-order valence-electron chi connectivity index (χ4n) is 1.04. The van der Waals surface area contributed by atoms with E-state index >= 15 is 0 Å². The number of amides is 1. The van der Waals surface area contributed by atoms with Gasteiger partial charge in [-0.05, 0) is 19.1 Å². The molecule has 0 bridgehead atoms. The van der Waals surface area contributed by atoms with Crippen molar-refractivity contribution >= 4 is 22.4 Å². The number of hydrogen-bond donors (Lipinski definition) is 2. The summed E-state index contributed by atoms with van der Waals surface area (Å²) in [6, 6.07) is 3.26. The van der Waals surface area contributed by atoms with Gasteiger partial charge in [-0.2, -0.15) is 0 Å². The average Bonchev–Trinajstić information content (AvgIpc) is 2.26. The van der Waals surface area contributed by atoms with E-state index in [0.29, 0.717) is 5.69 Å². The van der Waals surface area contributed by atoms with Gasteiger partial charge in [-0.1, -0.05) is 0 Å². The summed E-state index contributed by atoms with van der Waals surface area (Å²) >= 11 is 0. The number of nitrogens with one attached hydrogen (secondary N) is 1. The van der Waals surface area contributed by atoms with Crippen molar-refractivity contribution in [1.82, 2.24) is 10.3 Å². The molecular weight excluding hydrogens is 214 g/mol. The minimum absolute atomic E-state index is 0.258. The van der Waals surface area contributed by atoms with E-state index in [2.05, 4.69) is 10.3 Å². The molecule has 0 aliphatic rings. The van der Waals surface area contributed by atoms with Gasteiger partial charge in [-0.15, -0.1) is 0 Å². The topological polar surface area (TPSA) is 85.1 Å². The number of nitrogens with two attached hydrogens (primary N) is 1. The van der Waals surface area contributed by atoms with Crippen molar-refractivity contribution < 1.29 is 9.00 Å². The highest BCUT2D eigenvalue weighted by atomic mass is 32.2. The van der Waals surface area contributed by atoms with E-state index in [-0.39, 0.29) is 10.9 Å². The molecule has 0 aliphatic heterocycles. The summed E-state index contributed by atoms with van der Waals surface area (Å²) < 4.78 is 11.9. The molecule has 1 aromatic rings. The number of aromatic nitrogens is 1. The molecular formula is C9H13N3O2S. The van der Waals surface area contributed by atoms with Gasteiger partial charge in [0.05, 0.1) is 16.5 Å². The Morgan fingerprint density at radius 2 is 2.33 bits per heavy atom. The van der Waals surface area contributed by atoms with Gasteiger partial charge in [0, 0.05) is 13.2 Å². The van der Waals surface area contributed by atoms with E-state index in [1.165, 1.54) is 13.2 Å². The van der Waals surface area contributed by atoms with Crippen LogP contribution in [0.15, 0.2) is 23.4 Å². The van der Waals surface area contributed by atoms with Crippen molar-refractivity contribution in [1.29, 1.82) is 0 Å². The van der Waals surface area contributed by atoms with Crippen LogP contribution in [0.2, 0.25) is 0 Å². The molecule has 6 heteroatoms. The number of anilines is 1. The normalized spacial score (nSPS) is 14.3. The molecule has 1 rings (SSSR count). The van der Waals surface area contributed by atoms with Crippen molar-refractivity contribution in [2.75, 3.05) is 12.8 Å². The quantitative estimate of drug-likeness (QED) is 0.755. The number of nitrogen functional groups attached to an aromatic ring is 1. The van der Waals surface area contributed by atoms with Crippen molar-refractivity contribution in [3.63, 3.8) is 0 Å². The highest BCUT2D eigenvalue weighted by Gasteiger charge is 2.22. The fourth-order valence-corrected chi connectivity index (χ4v) is 2.15. The molecule has 0 aromatic carbocycles. The molecule has 2 unspecified atom stereocenters. The van der Waals surface area contributed by atoms with Gasteiger partial charge in [0.1, 0.15) is 5.25 Å². The summed E-state index contributed by atoms with van der Waals surface area (Å²) in [6.07, 6.45) is 1.50. The molecule has 0 radical (unpaired) electrons. The molecule has 0 fully saturated rings. The standard InChI is InChI=1S/C9H13N3O2S/c1-6(8(13)11-2)15(14)9-7(10)4-3-5-12-9/h3-6H,10H2,1-2H3,(H,11,13). The van der Waals surface area contributed by atoms with E-state index in [4.69, 9.17) is 5.73 Å². The van der Waals surface area contributed by atoms with Crippen LogP contribution >= 0.6 is 0 Å². The van der Waals surface area contributed by atoms with Gasteiger partial charge in [0.2, 0.25) is 5.91 Å². The maximum absolute atomic E-state index is 11.9. The molecule has 0 saturated carbocycles. The van der Waals surface area contributed by atoms with Crippen LogP contribution in [0.3, 0.4) is 0 Å². The van der Waals surface area contributed by atoms with E-state index in [1.807, 2.05) is 0 Å². The second-order valence-corrected chi connectivity index (χ2v) is 4.64. The van der Waals surface area contributed by atoms with Gasteiger partial charge >= 0.3 is 0 Å². The maximum Gasteiger partial charge on any atom is 0.235 e. The molecule has 1 aromatic heterocycles. The Labute approximate surface area is 90.5 Å². The summed E-state index contributed by atoms with van der Waals surface area (Å²) in [6.45, 7) is 1.57. The molecule has 0 aliphatic carbocycles. The van der Waals surface area contributed by atoms with Crippen LogP contribution in [0.5, 0.6) is 0 Å². The molecule has 1 amide bonds. The third kappa shape index (κ3) is 2.53. The Balaban J connectivity index is 2.95. The van der Waals surface area contributed by atoms with Crippen molar-refractivity contribution in [2.45, 2.75) is 17.2 Å². The van der Waals surface area contributed by atoms with E-state index < -0.39 is 16.0 Å². The predicted octanol–water partition coefficient (Wildman–Crippen LogP) is -0.0941. The van der Waals surface area contributed by atoms with Crippen molar-refractivity contribution in [2.24, 2.45) is 0 Å². The highest BCUT2D eigenvalue weighted by Crippen LogP contribution is 2.15. The van der Waals surface area contributed by atoms with Crippen LogP contribution in [0.1, 0.15) is 6.92 Å². The van der Waals surface area contributed by atoms with Crippen molar-refractivity contribution in [3.8, 4) is 0 Å². The summed E-state index contributed by atoms with van der Waals surface area (Å²) in [4.78, 5) is 15.2. The lowest BCUT2D eigenvalue weighted by molar-refractivity contribution is -0.119. The Morgan fingerprint density at radius 1 is 1.67 bits per heavy atom. The number of carbonyl (C=O) groups is 1. The lowest BCUT2D eigenvalue weighted by Gasteiger charge is -2.10. The molecule has 1 heterocycles. The third-order valence-electron chi connectivity index (χ3n) is 1.93. The molecule has 5 nitrogen and oxygen atoms in total. The van der Waals surface area contributed by atoms with Crippen LogP contribution in [0.25, 0.3) is 0 Å². The van der Waals surface area contributed by atoms with Crippen LogP contribution in [0.4, 0.5) is 5.69 Å². The predicted molar refractivity (Wildman–Crippen MR) is 58.6 cm³/mol. The zero-order chi connectivity index (χ0) is 11.4. The van der Waals surface area contributed by atoms with E-state index in [1.54, 1.807) is 19.1 Å². The molecule has 82 valence electrons. The minimum atomic E-state index is -1.52. The first-order valence-corrected chi connectivity index (χ1v) is 5.62. The Kier molecular flexibility index (Phi) is 3.79. The van der Waals surface area contributed by atoms with Gasteiger partial charge in [-0.3, -0.25) is 9.00 Å². The summed E-state index contributed by atoms with van der Waals surface area (Å²) in [5, 5.41) is 2.03. The van der Waals surface area contributed by atoms with Crippen molar-refractivity contribution in [3.05, 3.63) is 18.3 Å². The first-order chi connectivity index (χ1) is 7.07. The summed E-state index contributed by atoms with van der Waals surface area (Å²) in [7, 11) is -0.0200. The zero-order valence-corrected chi connectivity index (χ0v) is 9.38. The number of hydrogen-bond acceptors (Lipinski definition) is 4. The summed E-state index contributed by atoms with van der Waals surface area (Å²) in [5.74, 6) is -0.293.